The van der Waals surface area contributed by atoms with E-state index in [0.717, 1.165) is 19.4 Å². The van der Waals surface area contributed by atoms with Gasteiger partial charge in [0.25, 0.3) is 5.91 Å². The van der Waals surface area contributed by atoms with Crippen LogP contribution in [0.5, 0.6) is 0 Å². The molecular weight excluding hydrogens is 362 g/mol. The van der Waals surface area contributed by atoms with Gasteiger partial charge < -0.3 is 10.4 Å². The number of nitrogens with zero attached hydrogens (tertiary/aromatic N) is 2. The highest BCUT2D eigenvalue weighted by Crippen LogP contribution is 2.33. The van der Waals surface area contributed by atoms with Crippen molar-refractivity contribution in [2.45, 2.75) is 37.8 Å². The molecule has 0 aromatic carbocycles. The Kier molecular flexibility index (Phi) is 4.96. The number of carbonyl (C=O) groups is 2. The molecule has 0 unspecified atom stereocenters. The molecule has 2 aliphatic rings. The lowest BCUT2D eigenvalue weighted by atomic mass is 9.85. The third-order valence-corrected chi connectivity index (χ3v) is 5.11. The topological polar surface area (TPSA) is 82.5 Å². The Morgan fingerprint density at radius 2 is 2.13 bits per heavy atom. The Bertz CT molecular complexity index is 600. The third-order valence-electron chi connectivity index (χ3n) is 4.47. The number of hydrogen-bond donors (Lipinski definition) is 2. The molecule has 1 aromatic rings. The SMILES string of the molecule is O=C(O)CN(CC1CC1)C1CC(NC(=O)c2ncccc2Br)C1. The molecule has 0 radical (unpaired) electrons. The van der Waals surface area contributed by atoms with Crippen LogP contribution in [0.1, 0.15) is 36.2 Å². The van der Waals surface area contributed by atoms with Crippen molar-refractivity contribution in [1.29, 1.82) is 0 Å². The van der Waals surface area contributed by atoms with Gasteiger partial charge in [-0.15, -0.1) is 0 Å². The molecule has 0 atom stereocenters. The Morgan fingerprint density at radius 1 is 1.39 bits per heavy atom. The van der Waals surface area contributed by atoms with Gasteiger partial charge >= 0.3 is 5.97 Å². The fourth-order valence-electron chi connectivity index (χ4n) is 2.96. The van der Waals surface area contributed by atoms with Crippen molar-refractivity contribution in [3.8, 4) is 0 Å². The van der Waals surface area contributed by atoms with Crippen molar-refractivity contribution < 1.29 is 14.7 Å². The zero-order valence-corrected chi connectivity index (χ0v) is 14.3. The Hall–Kier alpha value is -1.47. The van der Waals surface area contributed by atoms with Crippen LogP contribution >= 0.6 is 15.9 Å². The highest BCUT2D eigenvalue weighted by molar-refractivity contribution is 9.10. The molecule has 3 rings (SSSR count). The van der Waals surface area contributed by atoms with Crippen LogP contribution in [0.25, 0.3) is 0 Å². The second kappa shape index (κ2) is 6.97. The van der Waals surface area contributed by atoms with Crippen LogP contribution in [0, 0.1) is 5.92 Å². The molecule has 6 nitrogen and oxygen atoms in total. The van der Waals surface area contributed by atoms with Crippen LogP contribution in [0.15, 0.2) is 22.8 Å². The largest absolute Gasteiger partial charge is 0.480 e. The number of pyridine rings is 1. The zero-order chi connectivity index (χ0) is 16.4. The Morgan fingerprint density at radius 3 is 2.74 bits per heavy atom. The average Bonchev–Trinajstić information content (AvgIpc) is 3.25. The first-order valence-electron chi connectivity index (χ1n) is 7.90. The summed E-state index contributed by atoms with van der Waals surface area (Å²) in [5.41, 5.74) is 0.385. The zero-order valence-electron chi connectivity index (χ0n) is 12.7. The lowest BCUT2D eigenvalue weighted by Gasteiger charge is -2.42. The van der Waals surface area contributed by atoms with E-state index in [0.29, 0.717) is 16.1 Å². The predicted molar refractivity (Wildman–Crippen MR) is 88.1 cm³/mol. The van der Waals surface area contributed by atoms with E-state index in [2.05, 4.69) is 31.1 Å². The van der Waals surface area contributed by atoms with E-state index in [1.165, 1.54) is 12.8 Å². The fraction of sp³-hybridized carbons (Fsp3) is 0.562. The normalized spacial score (nSPS) is 23.4. The minimum absolute atomic E-state index is 0.0909. The summed E-state index contributed by atoms with van der Waals surface area (Å²) < 4.78 is 0.676. The molecule has 2 fully saturated rings. The first-order chi connectivity index (χ1) is 11.0. The van der Waals surface area contributed by atoms with E-state index in [4.69, 9.17) is 5.11 Å². The van der Waals surface area contributed by atoms with Crippen molar-refractivity contribution in [2.75, 3.05) is 13.1 Å². The summed E-state index contributed by atoms with van der Waals surface area (Å²) in [4.78, 5) is 29.4. The van der Waals surface area contributed by atoms with Gasteiger partial charge in [0.05, 0.1) is 6.54 Å². The van der Waals surface area contributed by atoms with Crippen LogP contribution < -0.4 is 5.32 Å². The monoisotopic (exact) mass is 381 g/mol. The molecule has 124 valence electrons. The first-order valence-corrected chi connectivity index (χ1v) is 8.69. The summed E-state index contributed by atoms with van der Waals surface area (Å²) in [6, 6.07) is 3.90. The maximum Gasteiger partial charge on any atom is 0.317 e. The first kappa shape index (κ1) is 16.4. The summed E-state index contributed by atoms with van der Waals surface area (Å²) in [5, 5.41) is 12.0. The molecular formula is C16H20BrN3O3. The van der Waals surface area contributed by atoms with Gasteiger partial charge in [-0.25, -0.2) is 4.98 Å². The van der Waals surface area contributed by atoms with E-state index in [1.807, 2.05) is 0 Å². The molecule has 1 heterocycles. The highest BCUT2D eigenvalue weighted by atomic mass is 79.9. The lowest BCUT2D eigenvalue weighted by molar-refractivity contribution is -0.139. The number of carboxylic acids is 1. The van der Waals surface area contributed by atoms with Crippen LogP contribution in [0.3, 0.4) is 0 Å². The summed E-state index contributed by atoms with van der Waals surface area (Å²) in [6.45, 7) is 0.955. The summed E-state index contributed by atoms with van der Waals surface area (Å²) in [5.74, 6) is -0.309. The van der Waals surface area contributed by atoms with Crippen LogP contribution in [0.4, 0.5) is 0 Å². The highest BCUT2D eigenvalue weighted by Gasteiger charge is 2.38. The Balaban J connectivity index is 1.50. The van der Waals surface area contributed by atoms with Crippen molar-refractivity contribution >= 4 is 27.8 Å². The number of nitrogens with one attached hydrogen (secondary N) is 1. The third kappa shape index (κ3) is 4.29. The molecule has 1 amide bonds. The second-order valence-corrected chi connectivity index (χ2v) is 7.25. The molecule has 0 bridgehead atoms. The fourth-order valence-corrected chi connectivity index (χ4v) is 3.39. The van der Waals surface area contributed by atoms with Crippen molar-refractivity contribution in [3.63, 3.8) is 0 Å². The molecule has 0 spiro atoms. The van der Waals surface area contributed by atoms with Crippen LogP contribution in [-0.2, 0) is 4.79 Å². The van der Waals surface area contributed by atoms with Crippen LogP contribution in [-0.4, -0.2) is 52.0 Å². The maximum atomic E-state index is 12.2. The number of amides is 1. The standard InChI is InChI=1S/C16H20BrN3O3/c17-13-2-1-5-18-15(13)16(23)19-11-6-12(7-11)20(9-14(21)22)8-10-3-4-10/h1-2,5,10-12H,3-4,6-9H2,(H,19,23)(H,21,22). The summed E-state index contributed by atoms with van der Waals surface area (Å²) >= 11 is 3.33. The smallest absolute Gasteiger partial charge is 0.317 e. The van der Waals surface area contributed by atoms with Gasteiger partial charge in [0, 0.05) is 29.3 Å². The lowest BCUT2D eigenvalue weighted by Crippen LogP contribution is -2.55. The van der Waals surface area contributed by atoms with Gasteiger partial charge in [0.1, 0.15) is 5.69 Å². The number of carboxylic acid groups (broad SMARTS) is 1. The van der Waals surface area contributed by atoms with Gasteiger partial charge in [0.15, 0.2) is 0 Å². The summed E-state index contributed by atoms with van der Waals surface area (Å²) in [7, 11) is 0. The van der Waals surface area contributed by atoms with E-state index >= 15 is 0 Å². The van der Waals surface area contributed by atoms with Gasteiger partial charge in [-0.2, -0.15) is 0 Å². The van der Waals surface area contributed by atoms with E-state index in [-0.39, 0.29) is 24.5 Å². The van der Waals surface area contributed by atoms with Crippen molar-refractivity contribution in [3.05, 3.63) is 28.5 Å². The number of aliphatic carboxylic acids is 1. The molecule has 0 aliphatic heterocycles. The molecule has 23 heavy (non-hydrogen) atoms. The predicted octanol–water partition coefficient (Wildman–Crippen LogP) is 1.90. The van der Waals surface area contributed by atoms with Gasteiger partial charge in [-0.05, 0) is 59.7 Å². The van der Waals surface area contributed by atoms with Gasteiger partial charge in [-0.3, -0.25) is 14.5 Å². The minimum Gasteiger partial charge on any atom is -0.480 e. The molecule has 1 aromatic heterocycles. The van der Waals surface area contributed by atoms with Gasteiger partial charge in [-0.1, -0.05) is 0 Å². The summed E-state index contributed by atoms with van der Waals surface area (Å²) in [6.07, 6.45) is 5.60. The number of rotatable bonds is 7. The molecule has 0 saturated heterocycles. The Labute approximate surface area is 143 Å². The number of aromatic nitrogens is 1. The van der Waals surface area contributed by atoms with E-state index < -0.39 is 5.97 Å². The molecule has 7 heteroatoms. The number of halogens is 1. The van der Waals surface area contributed by atoms with Crippen LogP contribution in [0.2, 0.25) is 0 Å². The number of hydrogen-bond acceptors (Lipinski definition) is 4. The average molecular weight is 382 g/mol. The van der Waals surface area contributed by atoms with Crippen molar-refractivity contribution in [1.82, 2.24) is 15.2 Å². The molecule has 2 aliphatic carbocycles. The second-order valence-electron chi connectivity index (χ2n) is 6.40. The molecule has 2 N–H and O–H groups in total. The number of carbonyl (C=O) groups excluding carboxylic acids is 1. The van der Waals surface area contributed by atoms with Gasteiger partial charge in [0.2, 0.25) is 0 Å². The minimum atomic E-state index is -0.782. The maximum absolute atomic E-state index is 12.2. The van der Waals surface area contributed by atoms with Crippen molar-refractivity contribution in [2.24, 2.45) is 5.92 Å². The van der Waals surface area contributed by atoms with E-state index in [9.17, 15) is 9.59 Å². The quantitative estimate of drug-likeness (QED) is 0.753. The van der Waals surface area contributed by atoms with E-state index in [1.54, 1.807) is 18.3 Å². The molecule has 2 saturated carbocycles.